The first-order chi connectivity index (χ1) is 6.37. The first-order valence-corrected chi connectivity index (χ1v) is 4.78. The summed E-state index contributed by atoms with van der Waals surface area (Å²) < 4.78 is 4.95. The molecular formula is C10H17NO3. The lowest BCUT2D eigenvalue weighted by atomic mass is 10.1. The van der Waals surface area contributed by atoms with Gasteiger partial charge in [-0.1, -0.05) is 0 Å². The summed E-state index contributed by atoms with van der Waals surface area (Å²) in [6.45, 7) is 5.83. The van der Waals surface area contributed by atoms with Gasteiger partial charge in [0.2, 0.25) is 0 Å². The number of ether oxygens (including phenoxy) is 1. The maximum absolute atomic E-state index is 11.2. The summed E-state index contributed by atoms with van der Waals surface area (Å²) in [6.07, 6.45) is 2.10. The van der Waals surface area contributed by atoms with Crippen molar-refractivity contribution < 1.29 is 14.3 Å². The molecule has 1 fully saturated rings. The fourth-order valence-electron chi connectivity index (χ4n) is 1.01. The van der Waals surface area contributed by atoms with E-state index in [1.165, 1.54) is 0 Å². The summed E-state index contributed by atoms with van der Waals surface area (Å²) in [5.74, 6) is 0. The molecule has 80 valence electrons. The molecule has 4 heteroatoms. The molecule has 1 amide bonds. The van der Waals surface area contributed by atoms with E-state index in [1.807, 2.05) is 20.8 Å². The highest BCUT2D eigenvalue weighted by molar-refractivity contribution is 5.69. The van der Waals surface area contributed by atoms with Crippen molar-refractivity contribution in [3.63, 3.8) is 0 Å². The van der Waals surface area contributed by atoms with Crippen molar-refractivity contribution >= 4 is 12.4 Å². The minimum Gasteiger partial charge on any atom is -0.448 e. The number of hydrogen-bond donors (Lipinski definition) is 1. The SMILES string of the molecule is CC(C)(C)NC(=O)OCC1(C=O)CC1. The Kier molecular flexibility index (Phi) is 2.83. The number of aldehydes is 1. The Morgan fingerprint density at radius 3 is 2.43 bits per heavy atom. The molecule has 0 atom stereocenters. The van der Waals surface area contributed by atoms with Crippen molar-refractivity contribution in [2.75, 3.05) is 6.61 Å². The molecule has 14 heavy (non-hydrogen) atoms. The molecule has 1 saturated carbocycles. The largest absolute Gasteiger partial charge is 0.448 e. The van der Waals surface area contributed by atoms with Crippen LogP contribution in [0, 0.1) is 5.41 Å². The Morgan fingerprint density at radius 1 is 1.50 bits per heavy atom. The number of carbonyl (C=O) groups is 2. The van der Waals surface area contributed by atoms with Gasteiger partial charge >= 0.3 is 6.09 Å². The highest BCUT2D eigenvalue weighted by atomic mass is 16.5. The maximum Gasteiger partial charge on any atom is 0.407 e. The smallest absolute Gasteiger partial charge is 0.407 e. The molecule has 0 aromatic rings. The Labute approximate surface area is 84.0 Å². The quantitative estimate of drug-likeness (QED) is 0.700. The molecule has 0 aliphatic heterocycles. The molecule has 0 bridgehead atoms. The second kappa shape index (κ2) is 3.59. The van der Waals surface area contributed by atoms with Crippen LogP contribution in [0.2, 0.25) is 0 Å². The molecular weight excluding hydrogens is 182 g/mol. The lowest BCUT2D eigenvalue weighted by molar-refractivity contribution is -0.113. The second-order valence-corrected chi connectivity index (χ2v) is 4.93. The minimum absolute atomic E-state index is 0.207. The average molecular weight is 199 g/mol. The Bertz CT molecular complexity index is 238. The maximum atomic E-state index is 11.2. The lowest BCUT2D eigenvalue weighted by Gasteiger charge is -2.20. The van der Waals surface area contributed by atoms with E-state index in [0.29, 0.717) is 0 Å². The lowest BCUT2D eigenvalue weighted by Crippen LogP contribution is -2.41. The predicted octanol–water partition coefficient (Wildman–Crippen LogP) is 1.49. The molecule has 1 aliphatic carbocycles. The van der Waals surface area contributed by atoms with Crippen LogP contribution in [0.3, 0.4) is 0 Å². The zero-order valence-electron chi connectivity index (χ0n) is 8.92. The van der Waals surface area contributed by atoms with E-state index in [-0.39, 0.29) is 17.6 Å². The fraction of sp³-hybridized carbons (Fsp3) is 0.800. The van der Waals surface area contributed by atoms with Crippen LogP contribution in [-0.2, 0) is 9.53 Å². The molecule has 1 rings (SSSR count). The average Bonchev–Trinajstić information content (AvgIpc) is 2.78. The molecule has 0 aromatic carbocycles. The fourth-order valence-corrected chi connectivity index (χ4v) is 1.01. The van der Waals surface area contributed by atoms with Gasteiger partial charge < -0.3 is 14.8 Å². The van der Waals surface area contributed by atoms with E-state index in [9.17, 15) is 9.59 Å². The van der Waals surface area contributed by atoms with Gasteiger partial charge in [0.25, 0.3) is 0 Å². The molecule has 0 aromatic heterocycles. The second-order valence-electron chi connectivity index (χ2n) is 4.93. The van der Waals surface area contributed by atoms with Crippen molar-refractivity contribution in [1.29, 1.82) is 0 Å². The minimum atomic E-state index is -0.453. The monoisotopic (exact) mass is 199 g/mol. The van der Waals surface area contributed by atoms with Crippen LogP contribution in [-0.4, -0.2) is 24.5 Å². The van der Waals surface area contributed by atoms with Crippen LogP contribution in [0.15, 0.2) is 0 Å². The van der Waals surface area contributed by atoms with Crippen molar-refractivity contribution in [3.05, 3.63) is 0 Å². The zero-order chi connectivity index (χ0) is 10.8. The van der Waals surface area contributed by atoms with E-state index in [2.05, 4.69) is 5.32 Å². The van der Waals surface area contributed by atoms with Crippen LogP contribution in [0.5, 0.6) is 0 Å². The van der Waals surface area contributed by atoms with E-state index < -0.39 is 6.09 Å². The third-order valence-electron chi connectivity index (χ3n) is 2.11. The highest BCUT2D eigenvalue weighted by Crippen LogP contribution is 2.43. The van der Waals surface area contributed by atoms with Crippen LogP contribution < -0.4 is 5.32 Å². The highest BCUT2D eigenvalue weighted by Gasteiger charge is 2.44. The van der Waals surface area contributed by atoms with Gasteiger partial charge in [0.1, 0.15) is 12.9 Å². The summed E-state index contributed by atoms with van der Waals surface area (Å²) in [6, 6.07) is 0. The van der Waals surface area contributed by atoms with Crippen LogP contribution in [0.1, 0.15) is 33.6 Å². The van der Waals surface area contributed by atoms with Gasteiger partial charge in [0.15, 0.2) is 0 Å². The van der Waals surface area contributed by atoms with Gasteiger partial charge in [-0.05, 0) is 33.6 Å². The first kappa shape index (κ1) is 11.0. The van der Waals surface area contributed by atoms with Gasteiger partial charge in [-0.3, -0.25) is 0 Å². The van der Waals surface area contributed by atoms with E-state index in [4.69, 9.17) is 4.74 Å². The van der Waals surface area contributed by atoms with Crippen molar-refractivity contribution in [2.45, 2.75) is 39.2 Å². The summed E-state index contributed by atoms with van der Waals surface area (Å²) >= 11 is 0. The van der Waals surface area contributed by atoms with Crippen molar-refractivity contribution in [3.8, 4) is 0 Å². The van der Waals surface area contributed by atoms with Crippen LogP contribution in [0.4, 0.5) is 4.79 Å². The summed E-state index contributed by atoms with van der Waals surface area (Å²) in [7, 11) is 0. The molecule has 0 spiro atoms. The summed E-state index contributed by atoms with van der Waals surface area (Å²) in [4.78, 5) is 21.8. The summed E-state index contributed by atoms with van der Waals surface area (Å²) in [5.41, 5.74) is -0.662. The number of amides is 1. The number of rotatable bonds is 3. The molecule has 0 unspecified atom stereocenters. The zero-order valence-corrected chi connectivity index (χ0v) is 8.92. The van der Waals surface area contributed by atoms with Crippen LogP contribution >= 0.6 is 0 Å². The van der Waals surface area contributed by atoms with Crippen molar-refractivity contribution in [2.24, 2.45) is 5.41 Å². The third kappa shape index (κ3) is 3.36. The summed E-state index contributed by atoms with van der Waals surface area (Å²) in [5, 5.41) is 2.67. The number of hydrogen-bond acceptors (Lipinski definition) is 3. The van der Waals surface area contributed by atoms with E-state index in [1.54, 1.807) is 0 Å². The Balaban J connectivity index is 2.25. The van der Waals surface area contributed by atoms with Gasteiger partial charge in [-0.15, -0.1) is 0 Å². The topological polar surface area (TPSA) is 55.4 Å². The van der Waals surface area contributed by atoms with Gasteiger partial charge in [-0.2, -0.15) is 0 Å². The molecule has 1 aliphatic rings. The normalized spacial score (nSPS) is 18.5. The molecule has 4 nitrogen and oxygen atoms in total. The third-order valence-corrected chi connectivity index (χ3v) is 2.11. The standard InChI is InChI=1S/C10H17NO3/c1-9(2,3)11-8(13)14-7-10(6-12)4-5-10/h6H,4-5,7H2,1-3H3,(H,11,13). The molecule has 0 heterocycles. The van der Waals surface area contributed by atoms with E-state index >= 15 is 0 Å². The number of alkyl carbamates (subject to hydrolysis) is 1. The van der Waals surface area contributed by atoms with Gasteiger partial charge in [-0.25, -0.2) is 4.79 Å². The first-order valence-electron chi connectivity index (χ1n) is 4.78. The predicted molar refractivity (Wildman–Crippen MR) is 52.0 cm³/mol. The van der Waals surface area contributed by atoms with Crippen LogP contribution in [0.25, 0.3) is 0 Å². The molecule has 0 radical (unpaired) electrons. The van der Waals surface area contributed by atoms with Gasteiger partial charge in [0.05, 0.1) is 5.41 Å². The molecule has 0 saturated heterocycles. The Hall–Kier alpha value is -1.06. The van der Waals surface area contributed by atoms with E-state index in [0.717, 1.165) is 19.1 Å². The molecule has 1 N–H and O–H groups in total. The van der Waals surface area contributed by atoms with Crippen molar-refractivity contribution in [1.82, 2.24) is 5.32 Å². The Morgan fingerprint density at radius 2 is 2.07 bits per heavy atom. The number of nitrogens with one attached hydrogen (secondary N) is 1. The van der Waals surface area contributed by atoms with Gasteiger partial charge in [0, 0.05) is 5.54 Å². The number of carbonyl (C=O) groups excluding carboxylic acids is 2.